The monoisotopic (exact) mass is 344 g/mol. The van der Waals surface area contributed by atoms with E-state index >= 15 is 0 Å². The Hall–Kier alpha value is -1.70. The van der Waals surface area contributed by atoms with Crippen LogP contribution in [0.2, 0.25) is 0 Å². The van der Waals surface area contributed by atoms with Crippen LogP contribution in [0.15, 0.2) is 36.4 Å². The molecule has 0 N–H and O–H groups in total. The summed E-state index contributed by atoms with van der Waals surface area (Å²) in [5.41, 5.74) is 3.61. The summed E-state index contributed by atoms with van der Waals surface area (Å²) in [5, 5.41) is 0. The van der Waals surface area contributed by atoms with Gasteiger partial charge >= 0.3 is 0 Å². The normalized spacial score (nSPS) is 12.8. The van der Waals surface area contributed by atoms with Crippen molar-refractivity contribution in [3.05, 3.63) is 70.3 Å². The van der Waals surface area contributed by atoms with Crippen molar-refractivity contribution < 1.29 is 8.78 Å². The molecule has 2 aromatic rings. The van der Waals surface area contributed by atoms with E-state index < -0.39 is 0 Å². The van der Waals surface area contributed by atoms with Crippen LogP contribution in [0.1, 0.15) is 87.5 Å². The first kappa shape index (κ1) is 19.6. The Labute approximate surface area is 151 Å². The van der Waals surface area contributed by atoms with Crippen LogP contribution >= 0.6 is 0 Å². The maximum atomic E-state index is 14.2. The molecule has 25 heavy (non-hydrogen) atoms. The minimum atomic E-state index is -0.288. The highest BCUT2D eigenvalue weighted by Gasteiger charge is 2.13. The molecule has 136 valence electrons. The van der Waals surface area contributed by atoms with Crippen LogP contribution in [0.25, 0.3) is 0 Å². The first-order valence-electron chi connectivity index (χ1n) is 9.37. The van der Waals surface area contributed by atoms with Crippen molar-refractivity contribution in [2.45, 2.75) is 71.6 Å². The molecule has 0 spiro atoms. The minimum Gasteiger partial charge on any atom is -0.207 e. The average molecular weight is 344 g/mol. The Morgan fingerprint density at radius 2 is 1.36 bits per heavy atom. The molecule has 0 aliphatic rings. The second-order valence-electron chi connectivity index (χ2n) is 7.73. The lowest BCUT2D eigenvalue weighted by Gasteiger charge is -2.14. The van der Waals surface area contributed by atoms with Crippen molar-refractivity contribution in [3.8, 4) is 0 Å². The first-order valence-corrected chi connectivity index (χ1v) is 9.37. The van der Waals surface area contributed by atoms with Crippen molar-refractivity contribution in [1.29, 1.82) is 0 Å². The Morgan fingerprint density at radius 1 is 0.760 bits per heavy atom. The van der Waals surface area contributed by atoms with Crippen LogP contribution in [-0.2, 0) is 6.42 Å². The summed E-state index contributed by atoms with van der Waals surface area (Å²) in [5.74, 6) is 0.389. The first-order chi connectivity index (χ1) is 11.8. The number of rotatable bonds is 7. The molecule has 2 rings (SSSR count). The molecule has 0 nitrogen and oxygen atoms in total. The molecule has 0 amide bonds. The fraction of sp³-hybridized carbons (Fsp3) is 0.478. The Morgan fingerprint density at radius 3 is 1.92 bits per heavy atom. The average Bonchev–Trinajstić information content (AvgIpc) is 2.57. The highest BCUT2D eigenvalue weighted by molar-refractivity contribution is 5.29. The van der Waals surface area contributed by atoms with E-state index in [9.17, 15) is 8.78 Å². The molecule has 2 heteroatoms. The largest absolute Gasteiger partial charge is 0.207 e. The maximum absolute atomic E-state index is 14.2. The number of aryl methyl sites for hydroxylation is 1. The van der Waals surface area contributed by atoms with Gasteiger partial charge in [0, 0.05) is 0 Å². The fourth-order valence-electron chi connectivity index (χ4n) is 3.21. The summed E-state index contributed by atoms with van der Waals surface area (Å²) in [6.07, 6.45) is 2.40. The lowest BCUT2D eigenvalue weighted by Crippen LogP contribution is -2.01. The zero-order chi connectivity index (χ0) is 18.6. The fourth-order valence-corrected chi connectivity index (χ4v) is 3.21. The van der Waals surface area contributed by atoms with Gasteiger partial charge in [-0.05, 0) is 71.4 Å². The van der Waals surface area contributed by atoms with Gasteiger partial charge in [-0.15, -0.1) is 0 Å². The molecule has 0 radical (unpaired) electrons. The zero-order valence-electron chi connectivity index (χ0n) is 16.1. The topological polar surface area (TPSA) is 0 Å². The zero-order valence-corrected chi connectivity index (χ0v) is 16.1. The van der Waals surface area contributed by atoms with E-state index in [-0.39, 0.29) is 17.6 Å². The van der Waals surface area contributed by atoms with Gasteiger partial charge in [-0.25, -0.2) is 8.78 Å². The highest BCUT2D eigenvalue weighted by atomic mass is 19.1. The molecule has 1 atom stereocenters. The summed E-state index contributed by atoms with van der Waals surface area (Å²) in [7, 11) is 0. The van der Waals surface area contributed by atoms with Gasteiger partial charge in [0.2, 0.25) is 0 Å². The van der Waals surface area contributed by atoms with Crippen LogP contribution in [0.4, 0.5) is 8.78 Å². The van der Waals surface area contributed by atoms with Gasteiger partial charge in [-0.2, -0.15) is 0 Å². The van der Waals surface area contributed by atoms with E-state index in [0.717, 1.165) is 12.8 Å². The summed E-state index contributed by atoms with van der Waals surface area (Å²) < 4.78 is 28.3. The molecule has 0 aliphatic heterocycles. The minimum absolute atomic E-state index is 0.00242. The molecule has 0 aromatic heterocycles. The van der Waals surface area contributed by atoms with Crippen LogP contribution in [0.5, 0.6) is 0 Å². The molecule has 0 heterocycles. The van der Waals surface area contributed by atoms with Crippen LogP contribution in [-0.4, -0.2) is 0 Å². The second kappa shape index (κ2) is 8.60. The van der Waals surface area contributed by atoms with Gasteiger partial charge in [0.15, 0.2) is 0 Å². The van der Waals surface area contributed by atoms with Gasteiger partial charge in [0.25, 0.3) is 0 Å². The van der Waals surface area contributed by atoms with Crippen LogP contribution in [0.3, 0.4) is 0 Å². The van der Waals surface area contributed by atoms with Gasteiger partial charge in [-0.1, -0.05) is 58.9 Å². The number of hydrogen-bond donors (Lipinski definition) is 0. The van der Waals surface area contributed by atoms with Crippen molar-refractivity contribution in [1.82, 2.24) is 0 Å². The molecular weight excluding hydrogens is 314 g/mol. The van der Waals surface area contributed by atoms with E-state index in [1.165, 1.54) is 23.3 Å². The standard InChI is InChI=1S/C23H30F2/c1-15(2)18-9-11-19(12-10-18)17(5)7-6-8-20-13-23(25)21(16(3)4)14-22(20)24/h9-17H,6-8H2,1-5H3. The highest BCUT2D eigenvalue weighted by Crippen LogP contribution is 2.26. The molecule has 0 fully saturated rings. The predicted molar refractivity (Wildman–Crippen MR) is 102 cm³/mol. The van der Waals surface area contributed by atoms with Gasteiger partial charge in [0.1, 0.15) is 11.6 Å². The van der Waals surface area contributed by atoms with E-state index in [2.05, 4.69) is 45.0 Å². The molecule has 2 aromatic carbocycles. The quantitative estimate of drug-likeness (QED) is 0.493. The maximum Gasteiger partial charge on any atom is 0.127 e. The van der Waals surface area contributed by atoms with Crippen LogP contribution in [0, 0.1) is 11.6 Å². The molecule has 1 unspecified atom stereocenters. The van der Waals surface area contributed by atoms with Gasteiger partial charge in [0.05, 0.1) is 0 Å². The Balaban J connectivity index is 1.95. The summed E-state index contributed by atoms with van der Waals surface area (Å²) >= 11 is 0. The molecular formula is C23H30F2. The van der Waals surface area contributed by atoms with Gasteiger partial charge in [-0.3, -0.25) is 0 Å². The number of hydrogen-bond acceptors (Lipinski definition) is 0. The van der Waals surface area contributed by atoms with Crippen molar-refractivity contribution >= 4 is 0 Å². The third-order valence-electron chi connectivity index (χ3n) is 5.04. The van der Waals surface area contributed by atoms with Crippen molar-refractivity contribution in [2.75, 3.05) is 0 Å². The molecule has 0 bridgehead atoms. The van der Waals surface area contributed by atoms with Gasteiger partial charge < -0.3 is 0 Å². The molecule has 0 saturated carbocycles. The number of benzene rings is 2. The third-order valence-corrected chi connectivity index (χ3v) is 5.04. The lowest BCUT2D eigenvalue weighted by atomic mass is 9.91. The summed E-state index contributed by atoms with van der Waals surface area (Å²) in [6.45, 7) is 10.3. The van der Waals surface area contributed by atoms with E-state index in [4.69, 9.17) is 0 Å². The Bertz CT molecular complexity index is 684. The van der Waals surface area contributed by atoms with E-state index in [1.54, 1.807) is 0 Å². The molecule has 0 aliphatic carbocycles. The SMILES string of the molecule is CC(C)c1ccc(C(C)CCCc2cc(F)c(C(C)C)cc2F)cc1. The molecule has 0 saturated heterocycles. The lowest BCUT2D eigenvalue weighted by molar-refractivity contribution is 0.554. The van der Waals surface area contributed by atoms with Crippen LogP contribution < -0.4 is 0 Å². The number of halogens is 2. The Kier molecular flexibility index (Phi) is 6.75. The van der Waals surface area contributed by atoms with E-state index in [0.29, 0.717) is 29.4 Å². The summed E-state index contributed by atoms with van der Waals surface area (Å²) in [6, 6.07) is 11.5. The van der Waals surface area contributed by atoms with Crippen molar-refractivity contribution in [2.24, 2.45) is 0 Å². The smallest absolute Gasteiger partial charge is 0.127 e. The predicted octanol–water partition coefficient (Wildman–Crippen LogP) is 7.34. The van der Waals surface area contributed by atoms with Crippen molar-refractivity contribution in [3.63, 3.8) is 0 Å². The summed E-state index contributed by atoms with van der Waals surface area (Å²) in [4.78, 5) is 0. The van der Waals surface area contributed by atoms with E-state index in [1.807, 2.05) is 13.8 Å². The third kappa shape index (κ3) is 5.14. The second-order valence-corrected chi connectivity index (χ2v) is 7.73.